The molecule has 0 atom stereocenters. The largest absolute Gasteiger partial charge is 0.351 e. The predicted molar refractivity (Wildman–Crippen MR) is 80.0 cm³/mol. The Labute approximate surface area is 123 Å². The molecule has 0 bridgehead atoms. The summed E-state index contributed by atoms with van der Waals surface area (Å²) in [5.74, 6) is -0.704. The van der Waals surface area contributed by atoms with Crippen LogP contribution in [0.4, 0.5) is 14.6 Å². The average Bonchev–Trinajstić information content (AvgIpc) is 2.82. The Bertz CT molecular complexity index is 697. The number of primary amides is 2. The number of nitrogens with two attached hydrogens (primary N) is 2. The lowest BCUT2D eigenvalue weighted by Crippen LogP contribution is -2.35. The number of urea groups is 2. The zero-order chi connectivity index (χ0) is 15.4. The molecular formula is C13H12N4O3S. The molecule has 0 aliphatic heterocycles. The predicted octanol–water partition coefficient (Wildman–Crippen LogP) is 1.71. The third-order valence-electron chi connectivity index (χ3n) is 2.51. The molecular weight excluding hydrogens is 292 g/mol. The highest BCUT2D eigenvalue weighted by atomic mass is 32.1. The smallest absolute Gasteiger partial charge is 0.319 e. The van der Waals surface area contributed by atoms with Gasteiger partial charge >= 0.3 is 12.1 Å². The Balaban J connectivity index is 2.42. The number of carbonyl (C=O) groups is 3. The molecule has 0 radical (unpaired) electrons. The van der Waals surface area contributed by atoms with Crippen LogP contribution in [0.15, 0.2) is 36.4 Å². The minimum absolute atomic E-state index is 0.122. The van der Waals surface area contributed by atoms with Crippen LogP contribution in [0.1, 0.15) is 10.4 Å². The molecule has 0 spiro atoms. The van der Waals surface area contributed by atoms with Gasteiger partial charge < -0.3 is 11.5 Å². The van der Waals surface area contributed by atoms with Crippen molar-refractivity contribution in [2.45, 2.75) is 0 Å². The van der Waals surface area contributed by atoms with Crippen molar-refractivity contribution >= 4 is 34.3 Å². The lowest BCUT2D eigenvalue weighted by atomic mass is 10.1. The van der Waals surface area contributed by atoms with E-state index in [0.717, 1.165) is 10.4 Å². The number of amides is 5. The number of carbonyl (C=O) groups excluding carboxylic acids is 3. The molecule has 21 heavy (non-hydrogen) atoms. The van der Waals surface area contributed by atoms with Gasteiger partial charge in [-0.15, -0.1) is 11.3 Å². The number of thiophene rings is 1. The first-order valence-electron chi connectivity index (χ1n) is 5.84. The fraction of sp³-hybridized carbons (Fsp3) is 0. The van der Waals surface area contributed by atoms with Crippen molar-refractivity contribution in [1.29, 1.82) is 0 Å². The van der Waals surface area contributed by atoms with E-state index in [1.807, 2.05) is 35.6 Å². The Kier molecular flexibility index (Phi) is 4.19. The van der Waals surface area contributed by atoms with Crippen LogP contribution in [0.5, 0.6) is 0 Å². The molecule has 108 valence electrons. The zero-order valence-electron chi connectivity index (χ0n) is 10.8. The van der Waals surface area contributed by atoms with Gasteiger partial charge in [0.05, 0.1) is 5.56 Å². The topological polar surface area (TPSA) is 127 Å². The van der Waals surface area contributed by atoms with Crippen molar-refractivity contribution in [3.8, 4) is 10.4 Å². The summed E-state index contributed by atoms with van der Waals surface area (Å²) in [4.78, 5) is 34.4. The van der Waals surface area contributed by atoms with Crippen LogP contribution in [0.25, 0.3) is 10.4 Å². The molecule has 0 aliphatic carbocycles. The van der Waals surface area contributed by atoms with Gasteiger partial charge in [0.25, 0.3) is 5.91 Å². The monoisotopic (exact) mass is 304 g/mol. The number of anilines is 1. The highest BCUT2D eigenvalue weighted by Gasteiger charge is 2.19. The second kappa shape index (κ2) is 6.06. The molecule has 0 unspecified atom stereocenters. The van der Waals surface area contributed by atoms with E-state index in [-0.39, 0.29) is 10.6 Å². The number of hydrogen-bond donors (Lipinski definition) is 4. The van der Waals surface area contributed by atoms with E-state index in [1.165, 1.54) is 11.3 Å². The summed E-state index contributed by atoms with van der Waals surface area (Å²) in [5, 5.41) is 4.56. The van der Waals surface area contributed by atoms with Crippen molar-refractivity contribution in [1.82, 2.24) is 5.32 Å². The van der Waals surface area contributed by atoms with E-state index in [9.17, 15) is 14.4 Å². The number of hydrogen-bond acceptors (Lipinski definition) is 4. The molecule has 1 aromatic carbocycles. The highest BCUT2D eigenvalue weighted by molar-refractivity contribution is 7.20. The van der Waals surface area contributed by atoms with Crippen LogP contribution in [0, 0.1) is 0 Å². The molecule has 5 amide bonds. The van der Waals surface area contributed by atoms with E-state index >= 15 is 0 Å². The van der Waals surface area contributed by atoms with Gasteiger partial charge in [-0.05, 0) is 11.6 Å². The van der Waals surface area contributed by atoms with Gasteiger partial charge in [0.15, 0.2) is 0 Å². The maximum Gasteiger partial charge on any atom is 0.319 e. The Morgan fingerprint density at radius 3 is 2.24 bits per heavy atom. The number of benzene rings is 1. The number of nitrogens with one attached hydrogen (secondary N) is 2. The first kappa shape index (κ1) is 14.5. The van der Waals surface area contributed by atoms with Crippen molar-refractivity contribution in [3.63, 3.8) is 0 Å². The molecule has 2 aromatic rings. The number of imide groups is 1. The molecule has 8 heteroatoms. The van der Waals surface area contributed by atoms with Gasteiger partial charge in [0, 0.05) is 4.88 Å². The maximum absolute atomic E-state index is 11.9. The molecule has 0 saturated heterocycles. The van der Waals surface area contributed by atoms with Gasteiger partial charge in [-0.2, -0.15) is 0 Å². The Morgan fingerprint density at radius 2 is 1.67 bits per heavy atom. The van der Waals surface area contributed by atoms with Crippen LogP contribution in [-0.4, -0.2) is 18.0 Å². The van der Waals surface area contributed by atoms with Crippen LogP contribution in [-0.2, 0) is 0 Å². The molecule has 6 N–H and O–H groups in total. The van der Waals surface area contributed by atoms with Gasteiger partial charge in [-0.3, -0.25) is 15.4 Å². The van der Waals surface area contributed by atoms with Crippen LogP contribution >= 0.6 is 11.3 Å². The SMILES string of the molecule is NC(=O)NC(=O)c1cc(-c2ccccc2)sc1NC(N)=O. The lowest BCUT2D eigenvalue weighted by molar-refractivity contribution is 0.0967. The molecule has 0 aliphatic rings. The van der Waals surface area contributed by atoms with E-state index in [0.29, 0.717) is 0 Å². The summed E-state index contributed by atoms with van der Waals surface area (Å²) in [5.41, 5.74) is 11.0. The van der Waals surface area contributed by atoms with Gasteiger partial charge in [0.2, 0.25) is 0 Å². The van der Waals surface area contributed by atoms with Crippen LogP contribution in [0.3, 0.4) is 0 Å². The first-order valence-corrected chi connectivity index (χ1v) is 6.65. The van der Waals surface area contributed by atoms with Crippen molar-refractivity contribution < 1.29 is 14.4 Å². The van der Waals surface area contributed by atoms with E-state index < -0.39 is 18.0 Å². The molecule has 0 saturated carbocycles. The summed E-state index contributed by atoms with van der Waals surface area (Å²) in [6.07, 6.45) is 0. The summed E-state index contributed by atoms with van der Waals surface area (Å²) in [6.45, 7) is 0. The second-order valence-electron chi connectivity index (χ2n) is 4.03. The van der Waals surface area contributed by atoms with Gasteiger partial charge in [-0.1, -0.05) is 30.3 Å². The third-order valence-corrected chi connectivity index (χ3v) is 3.61. The summed E-state index contributed by atoms with van der Waals surface area (Å²) in [6, 6.07) is 9.05. The second-order valence-corrected chi connectivity index (χ2v) is 5.08. The molecule has 0 fully saturated rings. The quantitative estimate of drug-likeness (QED) is 0.689. The fourth-order valence-electron chi connectivity index (χ4n) is 1.69. The van der Waals surface area contributed by atoms with Crippen LogP contribution in [0.2, 0.25) is 0 Å². The zero-order valence-corrected chi connectivity index (χ0v) is 11.6. The van der Waals surface area contributed by atoms with Gasteiger partial charge in [0.1, 0.15) is 5.00 Å². The Hall–Kier alpha value is -2.87. The highest BCUT2D eigenvalue weighted by Crippen LogP contribution is 2.35. The molecule has 1 aromatic heterocycles. The van der Waals surface area contributed by atoms with Crippen LogP contribution < -0.4 is 22.1 Å². The molecule has 1 heterocycles. The minimum atomic E-state index is -0.975. The van der Waals surface area contributed by atoms with E-state index in [1.54, 1.807) is 6.07 Å². The summed E-state index contributed by atoms with van der Waals surface area (Å²) in [7, 11) is 0. The van der Waals surface area contributed by atoms with Crippen molar-refractivity contribution in [2.24, 2.45) is 11.5 Å². The normalized spacial score (nSPS) is 9.90. The standard InChI is InChI=1S/C13H12N4O3S/c14-12(19)16-10(18)8-6-9(7-4-2-1-3-5-7)21-11(8)17-13(15)20/h1-6H,(H3,15,17,20)(H3,14,16,18,19). The minimum Gasteiger partial charge on any atom is -0.351 e. The van der Waals surface area contributed by atoms with Crippen molar-refractivity contribution in [3.05, 3.63) is 42.0 Å². The summed E-state index contributed by atoms with van der Waals surface area (Å²) < 4.78 is 0. The summed E-state index contributed by atoms with van der Waals surface area (Å²) >= 11 is 1.17. The van der Waals surface area contributed by atoms with Crippen molar-refractivity contribution in [2.75, 3.05) is 5.32 Å². The lowest BCUT2D eigenvalue weighted by Gasteiger charge is -2.02. The third kappa shape index (κ3) is 3.57. The van der Waals surface area contributed by atoms with E-state index in [2.05, 4.69) is 5.32 Å². The number of rotatable bonds is 3. The molecule has 2 rings (SSSR count). The Morgan fingerprint density at radius 1 is 1.00 bits per heavy atom. The van der Waals surface area contributed by atoms with Gasteiger partial charge in [-0.25, -0.2) is 9.59 Å². The first-order chi connectivity index (χ1) is 9.97. The average molecular weight is 304 g/mol. The van der Waals surface area contributed by atoms with E-state index in [4.69, 9.17) is 11.5 Å². The fourth-order valence-corrected chi connectivity index (χ4v) is 2.75. The molecule has 7 nitrogen and oxygen atoms in total. The maximum atomic E-state index is 11.9.